The molecule has 0 bridgehead atoms. The number of hydrogen-bond donors (Lipinski definition) is 0. The molecule has 114 valence electrons. The Hall–Kier alpha value is -1.98. The van der Waals surface area contributed by atoms with Crippen molar-refractivity contribution in [3.8, 4) is 0 Å². The first-order valence-electron chi connectivity index (χ1n) is 7.08. The van der Waals surface area contributed by atoms with Crippen molar-refractivity contribution < 1.29 is 19.1 Å². The summed E-state index contributed by atoms with van der Waals surface area (Å²) in [6.45, 7) is 0. The highest BCUT2D eigenvalue weighted by Crippen LogP contribution is 2.43. The van der Waals surface area contributed by atoms with E-state index in [1.165, 1.54) is 14.2 Å². The van der Waals surface area contributed by atoms with E-state index in [1.54, 1.807) is 18.5 Å². The van der Waals surface area contributed by atoms with Gasteiger partial charge in [0.1, 0.15) is 5.82 Å². The Labute approximate surface area is 123 Å². The van der Waals surface area contributed by atoms with Crippen LogP contribution in [0.15, 0.2) is 18.5 Å². The second-order valence-electron chi connectivity index (χ2n) is 5.28. The van der Waals surface area contributed by atoms with Crippen LogP contribution < -0.4 is 0 Å². The summed E-state index contributed by atoms with van der Waals surface area (Å²) in [5, 5.41) is 0. The fraction of sp³-hybridized carbons (Fsp3) is 0.600. The van der Waals surface area contributed by atoms with E-state index >= 15 is 0 Å². The third kappa shape index (κ3) is 2.89. The van der Waals surface area contributed by atoms with E-state index in [-0.39, 0.29) is 12.3 Å². The van der Waals surface area contributed by atoms with Crippen LogP contribution in [-0.2, 0) is 25.5 Å². The monoisotopic (exact) mass is 292 g/mol. The van der Waals surface area contributed by atoms with E-state index in [0.717, 1.165) is 25.7 Å². The Balaban J connectivity index is 2.43. The van der Waals surface area contributed by atoms with Gasteiger partial charge < -0.3 is 9.47 Å². The molecule has 0 unspecified atom stereocenters. The second-order valence-corrected chi connectivity index (χ2v) is 5.28. The predicted octanol–water partition coefficient (Wildman–Crippen LogP) is 1.54. The van der Waals surface area contributed by atoms with Crippen LogP contribution in [0.4, 0.5) is 0 Å². The zero-order chi connectivity index (χ0) is 15.3. The quantitative estimate of drug-likeness (QED) is 0.605. The van der Waals surface area contributed by atoms with Crippen LogP contribution in [0.1, 0.15) is 31.5 Å². The number of nitrogens with zero attached hydrogens (tertiary/aromatic N) is 2. The number of esters is 2. The number of rotatable bonds is 5. The maximum absolute atomic E-state index is 12.4. The smallest absolute Gasteiger partial charge is 0.323 e. The van der Waals surface area contributed by atoms with Crippen molar-refractivity contribution in [2.45, 2.75) is 32.1 Å². The molecule has 0 atom stereocenters. The summed E-state index contributed by atoms with van der Waals surface area (Å²) in [5.74, 6) is -0.774. The molecule has 0 N–H and O–H groups in total. The molecule has 0 amide bonds. The highest BCUT2D eigenvalue weighted by Gasteiger charge is 2.55. The van der Waals surface area contributed by atoms with Gasteiger partial charge in [0.2, 0.25) is 0 Å². The van der Waals surface area contributed by atoms with Gasteiger partial charge in [-0.1, -0.05) is 12.8 Å². The average Bonchev–Trinajstić information content (AvgIpc) is 3.06. The van der Waals surface area contributed by atoms with Crippen LogP contribution in [-0.4, -0.2) is 36.1 Å². The summed E-state index contributed by atoms with van der Waals surface area (Å²) in [5.41, 5.74) is -1.35. The van der Waals surface area contributed by atoms with Gasteiger partial charge in [0, 0.05) is 18.8 Å². The van der Waals surface area contributed by atoms with Crippen molar-refractivity contribution in [3.05, 3.63) is 24.3 Å². The first kappa shape index (κ1) is 15.4. The summed E-state index contributed by atoms with van der Waals surface area (Å²) < 4.78 is 9.86. The lowest BCUT2D eigenvalue weighted by Gasteiger charge is -2.33. The van der Waals surface area contributed by atoms with Crippen molar-refractivity contribution in [3.63, 3.8) is 0 Å². The van der Waals surface area contributed by atoms with Gasteiger partial charge in [-0.25, -0.2) is 9.97 Å². The highest BCUT2D eigenvalue weighted by atomic mass is 16.5. The maximum atomic E-state index is 12.4. The molecule has 1 aliphatic carbocycles. The lowest BCUT2D eigenvalue weighted by Crippen LogP contribution is -2.48. The van der Waals surface area contributed by atoms with Crippen LogP contribution >= 0.6 is 0 Å². The molecule has 0 spiro atoms. The van der Waals surface area contributed by atoms with Crippen molar-refractivity contribution in [1.29, 1.82) is 0 Å². The minimum absolute atomic E-state index is 0.0961. The molecule has 0 aliphatic heterocycles. The molecule has 0 radical (unpaired) electrons. The summed E-state index contributed by atoms with van der Waals surface area (Å²) >= 11 is 0. The average molecular weight is 292 g/mol. The third-order valence-electron chi connectivity index (χ3n) is 4.21. The number of carbonyl (C=O) groups excluding carboxylic acids is 2. The number of ether oxygens (including phenoxy) is 2. The Morgan fingerprint density at radius 1 is 1.14 bits per heavy atom. The summed E-state index contributed by atoms with van der Waals surface area (Å²) in [7, 11) is 2.58. The van der Waals surface area contributed by atoms with E-state index in [9.17, 15) is 9.59 Å². The summed E-state index contributed by atoms with van der Waals surface area (Å²) in [6.07, 6.45) is 6.89. The van der Waals surface area contributed by atoms with Crippen LogP contribution in [0.2, 0.25) is 0 Å². The third-order valence-corrected chi connectivity index (χ3v) is 4.21. The van der Waals surface area contributed by atoms with Gasteiger partial charge in [-0.05, 0) is 24.8 Å². The second kappa shape index (κ2) is 6.65. The maximum Gasteiger partial charge on any atom is 0.323 e. The molecule has 0 saturated heterocycles. The Bertz CT molecular complexity index is 482. The Morgan fingerprint density at radius 3 is 2.14 bits per heavy atom. The van der Waals surface area contributed by atoms with E-state index in [4.69, 9.17) is 9.47 Å². The van der Waals surface area contributed by atoms with Gasteiger partial charge in [-0.2, -0.15) is 0 Å². The van der Waals surface area contributed by atoms with Crippen LogP contribution in [0.25, 0.3) is 0 Å². The Kier molecular flexibility index (Phi) is 4.88. The standard InChI is InChI=1S/C15H20N2O4/c1-20-13(18)15(14(19)21-2,11-6-3-4-7-11)10-12-16-8-5-9-17-12/h5,8-9,11H,3-4,6-7,10H2,1-2H3. The van der Waals surface area contributed by atoms with E-state index in [2.05, 4.69) is 9.97 Å². The van der Waals surface area contributed by atoms with Gasteiger partial charge in [0.25, 0.3) is 0 Å². The van der Waals surface area contributed by atoms with Gasteiger partial charge in [-0.15, -0.1) is 0 Å². The summed E-state index contributed by atoms with van der Waals surface area (Å²) in [6, 6.07) is 1.69. The SMILES string of the molecule is COC(=O)C(Cc1ncccn1)(C(=O)OC)C1CCCC1. The largest absolute Gasteiger partial charge is 0.468 e. The highest BCUT2D eigenvalue weighted by molar-refractivity contribution is 6.00. The number of aromatic nitrogens is 2. The Morgan fingerprint density at radius 2 is 1.67 bits per heavy atom. The minimum atomic E-state index is -1.35. The fourth-order valence-electron chi connectivity index (χ4n) is 3.16. The molecule has 1 heterocycles. The van der Waals surface area contributed by atoms with Crippen molar-refractivity contribution in [1.82, 2.24) is 9.97 Å². The summed E-state index contributed by atoms with van der Waals surface area (Å²) in [4.78, 5) is 33.2. The van der Waals surface area contributed by atoms with Crippen LogP contribution in [0.5, 0.6) is 0 Å². The molecule has 1 fully saturated rings. The normalized spacial score (nSPS) is 15.7. The predicted molar refractivity (Wildman–Crippen MR) is 74.2 cm³/mol. The zero-order valence-electron chi connectivity index (χ0n) is 12.4. The fourth-order valence-corrected chi connectivity index (χ4v) is 3.16. The first-order chi connectivity index (χ1) is 10.1. The molecule has 1 saturated carbocycles. The van der Waals surface area contributed by atoms with Gasteiger partial charge in [0.15, 0.2) is 5.41 Å². The lowest BCUT2D eigenvalue weighted by atomic mass is 9.71. The van der Waals surface area contributed by atoms with E-state index < -0.39 is 17.4 Å². The molecule has 6 heteroatoms. The van der Waals surface area contributed by atoms with Crippen LogP contribution in [0, 0.1) is 11.3 Å². The molecular formula is C15H20N2O4. The molecule has 2 rings (SSSR count). The lowest BCUT2D eigenvalue weighted by molar-refractivity contribution is -0.174. The van der Waals surface area contributed by atoms with Crippen molar-refractivity contribution in [2.75, 3.05) is 14.2 Å². The van der Waals surface area contributed by atoms with Crippen LogP contribution in [0.3, 0.4) is 0 Å². The first-order valence-corrected chi connectivity index (χ1v) is 7.08. The van der Waals surface area contributed by atoms with Gasteiger partial charge in [0.05, 0.1) is 14.2 Å². The topological polar surface area (TPSA) is 78.4 Å². The van der Waals surface area contributed by atoms with Crippen molar-refractivity contribution >= 4 is 11.9 Å². The minimum Gasteiger partial charge on any atom is -0.468 e. The molecule has 1 aliphatic rings. The molecular weight excluding hydrogens is 272 g/mol. The molecule has 6 nitrogen and oxygen atoms in total. The molecule has 1 aromatic heterocycles. The van der Waals surface area contributed by atoms with E-state index in [1.807, 2.05) is 0 Å². The molecule has 0 aromatic carbocycles. The van der Waals surface area contributed by atoms with Crippen molar-refractivity contribution in [2.24, 2.45) is 11.3 Å². The van der Waals surface area contributed by atoms with Gasteiger partial charge >= 0.3 is 11.9 Å². The zero-order valence-corrected chi connectivity index (χ0v) is 12.4. The van der Waals surface area contributed by atoms with Gasteiger partial charge in [-0.3, -0.25) is 9.59 Å². The van der Waals surface area contributed by atoms with E-state index in [0.29, 0.717) is 5.82 Å². The molecule has 21 heavy (non-hydrogen) atoms. The number of methoxy groups -OCH3 is 2. The molecule has 1 aromatic rings. The number of hydrogen-bond acceptors (Lipinski definition) is 6. The number of carbonyl (C=O) groups is 2.